The van der Waals surface area contributed by atoms with Crippen molar-refractivity contribution in [3.05, 3.63) is 53.1 Å². The van der Waals surface area contributed by atoms with Gasteiger partial charge in [0, 0.05) is 36.3 Å². The maximum Gasteiger partial charge on any atom is 0.318 e. The minimum atomic E-state index is -3.56. The Bertz CT molecular complexity index is 1330. The van der Waals surface area contributed by atoms with Gasteiger partial charge in [-0.3, -0.25) is 0 Å². The van der Waals surface area contributed by atoms with Gasteiger partial charge in [-0.1, -0.05) is 28.8 Å². The summed E-state index contributed by atoms with van der Waals surface area (Å²) in [7, 11) is -3.56. The van der Waals surface area contributed by atoms with Crippen molar-refractivity contribution in [3.8, 4) is 11.5 Å². The summed E-state index contributed by atoms with van der Waals surface area (Å²) in [6.45, 7) is 6.75. The zero-order valence-electron chi connectivity index (χ0n) is 19.6. The Hall–Kier alpha value is -2.66. The molecule has 1 saturated heterocycles. The lowest BCUT2D eigenvalue weighted by Gasteiger charge is -2.36. The molecule has 3 heterocycles. The molecular formula is C24H28ClN5O4S. The monoisotopic (exact) mass is 517 g/mol. The molecule has 0 radical (unpaired) electrons. The summed E-state index contributed by atoms with van der Waals surface area (Å²) in [6, 6.07) is 12.5. The van der Waals surface area contributed by atoms with E-state index in [1.807, 2.05) is 47.9 Å². The molecule has 3 aromatic rings. The van der Waals surface area contributed by atoms with E-state index >= 15 is 0 Å². The molecule has 35 heavy (non-hydrogen) atoms. The summed E-state index contributed by atoms with van der Waals surface area (Å²) in [5, 5.41) is 9.12. The zero-order chi connectivity index (χ0) is 24.8. The van der Waals surface area contributed by atoms with Crippen molar-refractivity contribution in [1.29, 1.82) is 0 Å². The number of rotatable bonds is 4. The summed E-state index contributed by atoms with van der Waals surface area (Å²) in [4.78, 5) is 4.23. The third-order valence-corrected chi connectivity index (χ3v) is 8.30. The number of nitrogens with two attached hydrogens (primary N) is 1. The van der Waals surface area contributed by atoms with Gasteiger partial charge in [-0.25, -0.2) is 8.42 Å². The molecule has 186 valence electrons. The van der Waals surface area contributed by atoms with Crippen LogP contribution in [0.4, 0.5) is 11.7 Å². The summed E-state index contributed by atoms with van der Waals surface area (Å²) in [5.74, 6) is 0.207. The van der Waals surface area contributed by atoms with E-state index < -0.39 is 15.9 Å². The SMILES string of the molecule is CC1(C)CN(c2nnc(-c3ccc4c(c3)N(Cc3ccc(Cl)cc3)C[C@@H](N)CS4(=O)=O)o2)CCO1. The van der Waals surface area contributed by atoms with Gasteiger partial charge in [-0.05, 0) is 49.7 Å². The largest absolute Gasteiger partial charge is 0.403 e. The van der Waals surface area contributed by atoms with Gasteiger partial charge in [0.25, 0.3) is 0 Å². The van der Waals surface area contributed by atoms with E-state index in [9.17, 15) is 8.42 Å². The fourth-order valence-corrected chi connectivity index (χ4v) is 6.32. The highest BCUT2D eigenvalue weighted by Crippen LogP contribution is 2.35. The molecule has 0 saturated carbocycles. The maximum atomic E-state index is 13.1. The van der Waals surface area contributed by atoms with Crippen molar-refractivity contribution < 1.29 is 17.6 Å². The normalized spacial score (nSPS) is 21.4. The Kier molecular flexibility index (Phi) is 6.25. The Labute approximate surface area is 209 Å². The smallest absolute Gasteiger partial charge is 0.318 e. The van der Waals surface area contributed by atoms with Crippen LogP contribution in [0.2, 0.25) is 5.02 Å². The van der Waals surface area contributed by atoms with Gasteiger partial charge in [0.15, 0.2) is 9.84 Å². The van der Waals surface area contributed by atoms with Crippen molar-refractivity contribution >= 4 is 33.1 Å². The van der Waals surface area contributed by atoms with Gasteiger partial charge in [0.1, 0.15) is 0 Å². The second-order valence-electron chi connectivity index (χ2n) is 9.65. The summed E-state index contributed by atoms with van der Waals surface area (Å²) < 4.78 is 37.9. The van der Waals surface area contributed by atoms with Crippen LogP contribution in [0.15, 0.2) is 51.8 Å². The number of hydrogen-bond donors (Lipinski definition) is 1. The summed E-state index contributed by atoms with van der Waals surface area (Å²) in [6.07, 6.45) is 0. The number of hydrogen-bond acceptors (Lipinski definition) is 9. The van der Waals surface area contributed by atoms with Crippen molar-refractivity contribution in [3.63, 3.8) is 0 Å². The lowest BCUT2D eigenvalue weighted by Crippen LogP contribution is -2.48. The minimum Gasteiger partial charge on any atom is -0.403 e. The third-order valence-electron chi connectivity index (χ3n) is 6.17. The highest BCUT2D eigenvalue weighted by Gasteiger charge is 2.32. The van der Waals surface area contributed by atoms with Crippen LogP contribution in [-0.4, -0.2) is 62.3 Å². The van der Waals surface area contributed by atoms with Crippen LogP contribution < -0.4 is 15.5 Å². The second-order valence-corrected chi connectivity index (χ2v) is 12.1. The number of aromatic nitrogens is 2. The van der Waals surface area contributed by atoms with E-state index in [1.165, 1.54) is 0 Å². The second kappa shape index (κ2) is 9.09. The number of ether oxygens (including phenoxy) is 1. The number of sulfone groups is 1. The first kappa shape index (κ1) is 24.1. The lowest BCUT2D eigenvalue weighted by molar-refractivity contribution is -0.0290. The molecule has 2 N–H and O–H groups in total. The Morgan fingerprint density at radius 2 is 1.94 bits per heavy atom. The molecule has 1 aromatic heterocycles. The van der Waals surface area contributed by atoms with Crippen molar-refractivity contribution in [1.82, 2.24) is 10.2 Å². The highest BCUT2D eigenvalue weighted by molar-refractivity contribution is 7.91. The van der Waals surface area contributed by atoms with Crippen LogP contribution in [-0.2, 0) is 21.1 Å². The van der Waals surface area contributed by atoms with Crippen LogP contribution in [0.5, 0.6) is 0 Å². The molecule has 0 spiro atoms. The quantitative estimate of drug-likeness (QED) is 0.557. The van der Waals surface area contributed by atoms with Crippen LogP contribution in [0.1, 0.15) is 19.4 Å². The Morgan fingerprint density at radius 3 is 2.69 bits per heavy atom. The van der Waals surface area contributed by atoms with Crippen LogP contribution in [0, 0.1) is 0 Å². The van der Waals surface area contributed by atoms with Gasteiger partial charge >= 0.3 is 6.01 Å². The summed E-state index contributed by atoms with van der Waals surface area (Å²) >= 11 is 6.04. The molecule has 2 aliphatic rings. The number of fused-ring (bicyclic) bond motifs is 1. The topological polar surface area (TPSA) is 115 Å². The molecule has 2 aromatic carbocycles. The predicted octanol–water partition coefficient (Wildman–Crippen LogP) is 3.13. The van der Waals surface area contributed by atoms with Crippen LogP contribution >= 0.6 is 11.6 Å². The van der Waals surface area contributed by atoms with Gasteiger partial charge in [0.05, 0.1) is 35.1 Å². The van der Waals surface area contributed by atoms with Crippen molar-refractivity contribution in [2.24, 2.45) is 5.73 Å². The van der Waals surface area contributed by atoms with Crippen molar-refractivity contribution in [2.45, 2.75) is 36.9 Å². The fourth-order valence-electron chi connectivity index (χ4n) is 4.57. The van der Waals surface area contributed by atoms with Crippen molar-refractivity contribution in [2.75, 3.05) is 41.8 Å². The first-order valence-electron chi connectivity index (χ1n) is 11.4. The van der Waals surface area contributed by atoms with E-state index in [2.05, 4.69) is 10.2 Å². The molecule has 11 heteroatoms. The third kappa shape index (κ3) is 5.16. The molecule has 9 nitrogen and oxygen atoms in total. The first-order valence-corrected chi connectivity index (χ1v) is 13.5. The van der Waals surface area contributed by atoms with E-state index in [-0.39, 0.29) is 16.2 Å². The van der Waals surface area contributed by atoms with Gasteiger partial charge in [-0.2, -0.15) is 0 Å². The molecule has 5 rings (SSSR count). The van der Waals surface area contributed by atoms with E-state index in [4.69, 9.17) is 26.5 Å². The number of halogens is 1. The molecule has 0 aliphatic carbocycles. The molecule has 2 aliphatic heterocycles. The fraction of sp³-hybridized carbons (Fsp3) is 0.417. The molecule has 0 amide bonds. The molecule has 0 bridgehead atoms. The Morgan fingerprint density at radius 1 is 1.17 bits per heavy atom. The standard InChI is InChI=1S/C24H28ClN5O4S/c1-24(2)15-29(9-10-33-24)23-28-27-22(34-23)17-5-8-21-20(11-17)30(13-19(26)14-35(21,31)32)12-16-3-6-18(25)7-4-16/h3-8,11,19H,9-10,12-15,26H2,1-2H3/t19-/m1/s1. The number of morpholine rings is 1. The van der Waals surface area contributed by atoms with E-state index in [0.717, 1.165) is 5.56 Å². The number of nitrogens with zero attached hydrogens (tertiary/aromatic N) is 4. The molecular weight excluding hydrogens is 490 g/mol. The number of benzene rings is 2. The lowest BCUT2D eigenvalue weighted by atomic mass is 10.1. The number of anilines is 2. The van der Waals surface area contributed by atoms with Crippen LogP contribution in [0.3, 0.4) is 0 Å². The predicted molar refractivity (Wildman–Crippen MR) is 135 cm³/mol. The molecule has 1 fully saturated rings. The first-order chi connectivity index (χ1) is 16.6. The van der Waals surface area contributed by atoms with Gasteiger partial charge in [0.2, 0.25) is 5.89 Å². The Balaban J connectivity index is 1.50. The highest BCUT2D eigenvalue weighted by atomic mass is 35.5. The average Bonchev–Trinajstić information content (AvgIpc) is 3.26. The molecule has 1 atom stereocenters. The van der Waals surface area contributed by atoms with E-state index in [1.54, 1.807) is 18.2 Å². The van der Waals surface area contributed by atoms with Crippen LogP contribution in [0.25, 0.3) is 11.5 Å². The maximum absolute atomic E-state index is 13.1. The van der Waals surface area contributed by atoms with Gasteiger partial charge in [-0.15, -0.1) is 5.10 Å². The minimum absolute atomic E-state index is 0.117. The average molecular weight is 518 g/mol. The zero-order valence-corrected chi connectivity index (χ0v) is 21.2. The van der Waals surface area contributed by atoms with Gasteiger partial charge < -0.3 is 24.7 Å². The van der Waals surface area contributed by atoms with E-state index in [0.29, 0.717) is 61.0 Å². The molecule has 0 unspecified atom stereocenters. The summed E-state index contributed by atoms with van der Waals surface area (Å²) in [5.41, 5.74) is 8.10.